The molecule has 0 amide bonds. The van der Waals surface area contributed by atoms with E-state index in [1.54, 1.807) is 0 Å². The fourth-order valence-corrected chi connectivity index (χ4v) is 9.75. The van der Waals surface area contributed by atoms with Crippen molar-refractivity contribution < 1.29 is 57.7 Å². The summed E-state index contributed by atoms with van der Waals surface area (Å²) in [6.45, 7) is 2.72. The van der Waals surface area contributed by atoms with Crippen molar-refractivity contribution >= 4 is 29.8 Å². The van der Waals surface area contributed by atoms with Crippen LogP contribution < -0.4 is 9.64 Å². The molecule has 1 aliphatic heterocycles. The normalized spacial score (nSPS) is 21.6. The molecule has 47 heavy (non-hydrogen) atoms. The highest BCUT2D eigenvalue weighted by atomic mass is 32.2. The van der Waals surface area contributed by atoms with Crippen LogP contribution in [-0.2, 0) is 30.6 Å². The van der Waals surface area contributed by atoms with Gasteiger partial charge in [0.25, 0.3) is 0 Å². The summed E-state index contributed by atoms with van der Waals surface area (Å²) < 4.78 is 158. The third-order valence-electron chi connectivity index (χ3n) is 8.45. The molecule has 4 rings (SSSR count). The van der Waals surface area contributed by atoms with Crippen LogP contribution in [0.25, 0.3) is 0 Å². The first-order valence-corrected chi connectivity index (χ1v) is 18.1. The van der Waals surface area contributed by atoms with Crippen molar-refractivity contribution in [1.29, 1.82) is 0 Å². The first-order chi connectivity index (χ1) is 21.8. The van der Waals surface area contributed by atoms with E-state index in [9.17, 15) is 43.9 Å². The summed E-state index contributed by atoms with van der Waals surface area (Å²) in [7, 11) is -6.20. The van der Waals surface area contributed by atoms with Crippen LogP contribution in [-0.4, -0.2) is 53.3 Å². The van der Waals surface area contributed by atoms with Gasteiger partial charge >= 0.3 is 13.8 Å². The van der Waals surface area contributed by atoms with E-state index < -0.39 is 103 Å². The molecular weight excluding hydrogens is 681 g/mol. The molecule has 1 saturated carbocycles. The Morgan fingerprint density at radius 3 is 2.11 bits per heavy atom. The molecule has 0 radical (unpaired) electrons. The van der Waals surface area contributed by atoms with Gasteiger partial charge in [-0.05, 0) is 82.3 Å². The summed E-state index contributed by atoms with van der Waals surface area (Å²) in [6.07, 6.45) is -7.95. The van der Waals surface area contributed by atoms with Crippen LogP contribution in [0, 0.1) is 11.7 Å². The Morgan fingerprint density at radius 1 is 0.979 bits per heavy atom. The van der Waals surface area contributed by atoms with Crippen LogP contribution in [0.1, 0.15) is 64.9 Å². The monoisotopic (exact) mass is 719 g/mol. The zero-order chi connectivity index (χ0) is 34.8. The molecule has 2 aliphatic rings. The van der Waals surface area contributed by atoms with E-state index in [1.807, 2.05) is 0 Å². The van der Waals surface area contributed by atoms with Gasteiger partial charge in [-0.2, -0.15) is 13.2 Å². The number of nitrogens with zero attached hydrogens (tertiary/aromatic N) is 1. The second-order valence-electron chi connectivity index (χ2n) is 12.1. The number of halogens is 8. The van der Waals surface area contributed by atoms with Crippen molar-refractivity contribution in [3.63, 3.8) is 0 Å². The first-order valence-electron chi connectivity index (χ1n) is 15.3. The lowest BCUT2D eigenvalue weighted by Gasteiger charge is -2.43. The molecule has 16 heteroatoms. The van der Waals surface area contributed by atoms with Crippen molar-refractivity contribution in [1.82, 2.24) is 0 Å². The molecule has 2 atom stereocenters. The lowest BCUT2D eigenvalue weighted by molar-refractivity contribution is -0.139. The van der Waals surface area contributed by atoms with Crippen molar-refractivity contribution in [2.45, 2.75) is 87.4 Å². The van der Waals surface area contributed by atoms with Crippen LogP contribution in [0.15, 0.2) is 41.3 Å². The molecule has 0 spiro atoms. The number of anilines is 2. The SMILES string of the molecule is CCOP(=O)(OCC)C1(COc2cc3c(cc2C(F)(F)F)N(c2ccc(F)cc2)C[C@@H](CCC(C)(F)F)CS3=O)CCC(F)(F)CC1. The molecule has 1 unspecified atom stereocenters. The zero-order valence-electron chi connectivity index (χ0n) is 26.2. The number of alkyl halides is 7. The highest BCUT2D eigenvalue weighted by Crippen LogP contribution is 2.66. The van der Waals surface area contributed by atoms with Gasteiger partial charge in [-0.1, -0.05) is 0 Å². The number of hydrogen-bond acceptors (Lipinski definition) is 6. The molecule has 2 aromatic carbocycles. The van der Waals surface area contributed by atoms with E-state index in [4.69, 9.17) is 13.8 Å². The average molecular weight is 720 g/mol. The minimum Gasteiger partial charge on any atom is -0.492 e. The molecule has 0 saturated heterocycles. The molecular formula is C31H38F8NO5PS. The largest absolute Gasteiger partial charge is 0.492 e. The van der Waals surface area contributed by atoms with E-state index in [2.05, 4.69) is 0 Å². The molecule has 0 N–H and O–H groups in total. The Balaban J connectivity index is 1.81. The van der Waals surface area contributed by atoms with E-state index in [0.717, 1.165) is 31.2 Å². The van der Waals surface area contributed by atoms with Gasteiger partial charge in [-0.25, -0.2) is 22.0 Å². The second kappa shape index (κ2) is 14.3. The minimum absolute atomic E-state index is 0.0822. The van der Waals surface area contributed by atoms with Gasteiger partial charge in [0.1, 0.15) is 23.3 Å². The highest BCUT2D eigenvalue weighted by molar-refractivity contribution is 7.85. The van der Waals surface area contributed by atoms with Crippen molar-refractivity contribution in [2.24, 2.45) is 5.92 Å². The van der Waals surface area contributed by atoms with Crippen LogP contribution in [0.4, 0.5) is 46.5 Å². The maximum absolute atomic E-state index is 14.7. The van der Waals surface area contributed by atoms with Gasteiger partial charge < -0.3 is 18.7 Å². The van der Waals surface area contributed by atoms with Crippen LogP contribution in [0.3, 0.4) is 0 Å². The lowest BCUT2D eigenvalue weighted by atomic mass is 9.86. The maximum Gasteiger partial charge on any atom is 0.420 e. The topological polar surface area (TPSA) is 65.1 Å². The smallest absolute Gasteiger partial charge is 0.420 e. The Morgan fingerprint density at radius 2 is 1.57 bits per heavy atom. The molecule has 1 aliphatic carbocycles. The summed E-state index contributed by atoms with van der Waals surface area (Å²) >= 11 is 0. The van der Waals surface area contributed by atoms with Crippen LogP contribution in [0.5, 0.6) is 5.75 Å². The van der Waals surface area contributed by atoms with Crippen molar-refractivity contribution in [3.05, 3.63) is 47.8 Å². The first kappa shape index (κ1) is 37.6. The summed E-state index contributed by atoms with van der Waals surface area (Å²) in [6, 6.07) is 6.50. The number of ether oxygens (including phenoxy) is 1. The third-order valence-corrected chi connectivity index (χ3v) is 13.0. The van der Waals surface area contributed by atoms with Crippen LogP contribution >= 0.6 is 7.60 Å². The number of fused-ring (bicyclic) bond motifs is 1. The molecule has 1 heterocycles. The summed E-state index contributed by atoms with van der Waals surface area (Å²) in [5.41, 5.74) is -1.18. The molecule has 2 aromatic rings. The quantitative estimate of drug-likeness (QED) is 0.161. The standard InChI is InChI=1S/C31H38F8NO5PS/c1-4-44-46(41,45-5-2)29(12-14-30(35,36)15-13-29)20-43-26-17-27-25(16-24(26)31(37,38)39)40(23-8-6-22(32)7-9-23)18-21(19-47(27)42)10-11-28(3,33)34/h6-9,16-17,21H,4-5,10-15,18-20H2,1-3H3/t21-,47?/m1/s1. The summed E-state index contributed by atoms with van der Waals surface area (Å²) in [4.78, 5) is 1.30. The fraction of sp³-hybridized carbons (Fsp3) is 0.613. The number of rotatable bonds is 12. The summed E-state index contributed by atoms with van der Waals surface area (Å²) in [5, 5.41) is -1.70. The Labute approximate surface area is 271 Å². The van der Waals surface area contributed by atoms with E-state index in [0.29, 0.717) is 0 Å². The van der Waals surface area contributed by atoms with Gasteiger partial charge in [0.2, 0.25) is 11.8 Å². The Kier molecular flexibility index (Phi) is 11.5. The van der Waals surface area contributed by atoms with Crippen molar-refractivity contribution in [2.75, 3.05) is 37.0 Å². The zero-order valence-corrected chi connectivity index (χ0v) is 27.9. The molecule has 6 nitrogen and oxygen atoms in total. The lowest BCUT2D eigenvalue weighted by Crippen LogP contribution is -2.44. The average Bonchev–Trinajstić information content (AvgIpc) is 3.11. The van der Waals surface area contributed by atoms with Crippen molar-refractivity contribution in [3.8, 4) is 5.75 Å². The number of hydrogen-bond donors (Lipinski definition) is 0. The molecule has 1 fully saturated rings. The molecule has 0 bridgehead atoms. The molecule has 0 aromatic heterocycles. The third kappa shape index (κ3) is 8.88. The van der Waals surface area contributed by atoms with E-state index in [1.165, 1.54) is 30.9 Å². The van der Waals surface area contributed by atoms with E-state index >= 15 is 0 Å². The van der Waals surface area contributed by atoms with Crippen LogP contribution in [0.2, 0.25) is 0 Å². The molecule has 264 valence electrons. The number of benzene rings is 2. The van der Waals surface area contributed by atoms with Gasteiger partial charge in [-0.15, -0.1) is 0 Å². The predicted molar refractivity (Wildman–Crippen MR) is 162 cm³/mol. The van der Waals surface area contributed by atoms with Gasteiger partial charge in [-0.3, -0.25) is 8.77 Å². The second-order valence-corrected chi connectivity index (χ2v) is 16.0. The minimum atomic E-state index is -5.04. The maximum atomic E-state index is 14.7. The fourth-order valence-electron chi connectivity index (χ4n) is 5.94. The van der Waals surface area contributed by atoms with Gasteiger partial charge in [0.15, 0.2) is 0 Å². The summed E-state index contributed by atoms with van der Waals surface area (Å²) in [5.74, 6) is -8.32. The van der Waals surface area contributed by atoms with E-state index in [-0.39, 0.29) is 48.2 Å². The Bertz CT molecular complexity index is 1450. The Hall–Kier alpha value is -2.22. The highest BCUT2D eigenvalue weighted by Gasteiger charge is 2.57. The van der Waals surface area contributed by atoms with Gasteiger partial charge in [0, 0.05) is 37.2 Å². The predicted octanol–water partition coefficient (Wildman–Crippen LogP) is 9.75. The van der Waals surface area contributed by atoms with Gasteiger partial charge in [0.05, 0.1) is 40.2 Å².